The van der Waals surface area contributed by atoms with Gasteiger partial charge in [0.15, 0.2) is 0 Å². The molecule has 0 spiro atoms. The van der Waals surface area contributed by atoms with Crippen molar-refractivity contribution in [3.8, 4) is 6.07 Å². The highest BCUT2D eigenvalue weighted by molar-refractivity contribution is 6.09. The van der Waals surface area contributed by atoms with Gasteiger partial charge in [-0.1, -0.05) is 19.1 Å². The highest BCUT2D eigenvalue weighted by atomic mass is 16.1. The van der Waals surface area contributed by atoms with E-state index in [9.17, 15) is 10.1 Å². The molecule has 6 nitrogen and oxygen atoms in total. The topological polar surface area (TPSA) is 75.6 Å². The molecule has 0 aliphatic rings. The number of nitriles is 1. The third-order valence-corrected chi connectivity index (χ3v) is 5.21. The number of aryl methyl sites for hydroxylation is 2. The quantitative estimate of drug-likeness (QED) is 0.464. The average molecular weight is 402 g/mol. The lowest BCUT2D eigenvalue weighted by Crippen LogP contribution is -2.13. The summed E-state index contributed by atoms with van der Waals surface area (Å²) in [6.07, 6.45) is 6.41. The Hall–Kier alpha value is -3.59. The molecule has 0 saturated carbocycles. The van der Waals surface area contributed by atoms with Crippen LogP contribution in [0.3, 0.4) is 0 Å². The maximum absolute atomic E-state index is 12.6. The third-order valence-electron chi connectivity index (χ3n) is 5.21. The number of carbonyl (C=O) groups excluding carboxylic acids is 1. The Morgan fingerprint density at radius 3 is 2.57 bits per heavy atom. The first kappa shape index (κ1) is 21.1. The number of nitrogens with zero attached hydrogens (tertiary/aromatic N) is 4. The number of rotatable bonds is 7. The Labute approximate surface area is 177 Å². The molecule has 2 heterocycles. The molecule has 0 unspecified atom stereocenters. The van der Waals surface area contributed by atoms with Gasteiger partial charge in [-0.25, -0.2) is 4.98 Å². The summed E-state index contributed by atoms with van der Waals surface area (Å²) in [6.45, 7) is 9.79. The lowest BCUT2D eigenvalue weighted by atomic mass is 10.1. The molecule has 1 aromatic carbocycles. The predicted octanol–water partition coefficient (Wildman–Crippen LogP) is 4.61. The fourth-order valence-corrected chi connectivity index (χ4v) is 3.51. The minimum Gasteiger partial charge on any atom is -0.349 e. The maximum Gasteiger partial charge on any atom is 0.266 e. The summed E-state index contributed by atoms with van der Waals surface area (Å²) in [5.74, 6) is 0.547. The summed E-state index contributed by atoms with van der Waals surface area (Å²) in [5, 5.41) is 12.3. The predicted molar refractivity (Wildman–Crippen MR) is 119 cm³/mol. The zero-order valence-corrected chi connectivity index (χ0v) is 17.9. The van der Waals surface area contributed by atoms with Crippen molar-refractivity contribution < 1.29 is 4.79 Å². The summed E-state index contributed by atoms with van der Waals surface area (Å²) >= 11 is 0. The van der Waals surface area contributed by atoms with Crippen LogP contribution >= 0.6 is 0 Å². The lowest BCUT2D eigenvalue weighted by Gasteiger charge is -2.08. The minimum atomic E-state index is -0.406. The SMILES string of the molecule is CCCn1c(C)cc(/C=C(\C#N)C(=O)Nc2ccc(Cn3ccnc3C)cc2)c1C. The molecule has 6 heteroatoms. The summed E-state index contributed by atoms with van der Waals surface area (Å²) in [4.78, 5) is 16.9. The Morgan fingerprint density at radius 2 is 1.97 bits per heavy atom. The fraction of sp³-hybridized carbons (Fsp3) is 0.292. The van der Waals surface area contributed by atoms with Crippen LogP contribution in [0.1, 0.15) is 41.7 Å². The van der Waals surface area contributed by atoms with Gasteiger partial charge in [-0.05, 0) is 62.6 Å². The third kappa shape index (κ3) is 4.69. The standard InChI is InChI=1S/C24H27N5O/c1-5-11-29-17(2)13-21(18(29)3)14-22(15-25)24(30)27-23-8-6-20(7-9-23)16-28-12-10-26-19(28)4/h6-10,12-14H,5,11,16H2,1-4H3,(H,27,30)/b22-14+. The van der Waals surface area contributed by atoms with Gasteiger partial charge in [-0.15, -0.1) is 0 Å². The van der Waals surface area contributed by atoms with Crippen molar-refractivity contribution in [1.82, 2.24) is 14.1 Å². The van der Waals surface area contributed by atoms with Gasteiger partial charge < -0.3 is 14.5 Å². The Balaban J connectivity index is 1.72. The van der Waals surface area contributed by atoms with E-state index in [1.165, 1.54) is 0 Å². The minimum absolute atomic E-state index is 0.0878. The van der Waals surface area contributed by atoms with Gasteiger partial charge >= 0.3 is 0 Å². The van der Waals surface area contributed by atoms with Crippen LogP contribution in [0.4, 0.5) is 5.69 Å². The average Bonchev–Trinajstić information content (AvgIpc) is 3.25. The van der Waals surface area contributed by atoms with Gasteiger partial charge in [0.25, 0.3) is 5.91 Å². The van der Waals surface area contributed by atoms with E-state index < -0.39 is 5.91 Å². The van der Waals surface area contributed by atoms with E-state index in [2.05, 4.69) is 26.4 Å². The second-order valence-electron chi connectivity index (χ2n) is 7.40. The van der Waals surface area contributed by atoms with Gasteiger partial charge in [0, 0.05) is 42.6 Å². The van der Waals surface area contributed by atoms with E-state index >= 15 is 0 Å². The molecular weight excluding hydrogens is 374 g/mol. The van der Waals surface area contributed by atoms with Crippen molar-refractivity contribution in [2.75, 3.05) is 5.32 Å². The number of imidazole rings is 1. The van der Waals surface area contributed by atoms with Crippen LogP contribution in [-0.2, 0) is 17.9 Å². The normalized spacial score (nSPS) is 11.4. The van der Waals surface area contributed by atoms with Gasteiger partial charge in [0.2, 0.25) is 0 Å². The number of hydrogen-bond donors (Lipinski definition) is 1. The maximum atomic E-state index is 12.6. The molecule has 1 N–H and O–H groups in total. The number of carbonyl (C=O) groups is 1. The number of amides is 1. The molecule has 154 valence electrons. The summed E-state index contributed by atoms with van der Waals surface area (Å²) in [6, 6.07) is 11.7. The first-order chi connectivity index (χ1) is 14.4. The van der Waals surface area contributed by atoms with E-state index in [1.807, 2.05) is 63.4 Å². The van der Waals surface area contributed by atoms with Gasteiger partial charge in [-0.2, -0.15) is 5.26 Å². The Bertz CT molecular complexity index is 1110. The first-order valence-corrected chi connectivity index (χ1v) is 10.1. The molecule has 3 aromatic rings. The van der Waals surface area contributed by atoms with Crippen molar-refractivity contribution in [2.45, 2.75) is 47.2 Å². The van der Waals surface area contributed by atoms with Crippen molar-refractivity contribution in [3.05, 3.63) is 76.6 Å². The zero-order valence-electron chi connectivity index (χ0n) is 17.9. The molecule has 3 rings (SSSR count). The Morgan fingerprint density at radius 1 is 1.23 bits per heavy atom. The number of anilines is 1. The van der Waals surface area contributed by atoms with Crippen LogP contribution < -0.4 is 5.32 Å². The summed E-state index contributed by atoms with van der Waals surface area (Å²) in [5.41, 5.74) is 4.94. The van der Waals surface area contributed by atoms with Gasteiger partial charge in [0.05, 0.1) is 0 Å². The molecule has 0 bridgehead atoms. The van der Waals surface area contributed by atoms with Gasteiger partial charge in [-0.3, -0.25) is 4.79 Å². The lowest BCUT2D eigenvalue weighted by molar-refractivity contribution is -0.112. The summed E-state index contributed by atoms with van der Waals surface area (Å²) < 4.78 is 4.26. The van der Waals surface area contributed by atoms with Crippen molar-refractivity contribution in [3.63, 3.8) is 0 Å². The van der Waals surface area contributed by atoms with Crippen LogP contribution in [-0.4, -0.2) is 20.0 Å². The molecule has 0 fully saturated rings. The van der Waals surface area contributed by atoms with Crippen molar-refractivity contribution >= 4 is 17.7 Å². The molecule has 0 saturated heterocycles. The number of nitrogens with one attached hydrogen (secondary N) is 1. The van der Waals surface area contributed by atoms with Crippen LogP contribution in [0.2, 0.25) is 0 Å². The van der Waals surface area contributed by atoms with E-state index in [-0.39, 0.29) is 5.57 Å². The highest BCUT2D eigenvalue weighted by Gasteiger charge is 2.13. The van der Waals surface area contributed by atoms with E-state index in [1.54, 1.807) is 12.3 Å². The van der Waals surface area contributed by atoms with Crippen molar-refractivity contribution in [1.29, 1.82) is 5.26 Å². The van der Waals surface area contributed by atoms with E-state index in [0.717, 1.165) is 47.8 Å². The smallest absolute Gasteiger partial charge is 0.266 e. The molecule has 0 atom stereocenters. The summed E-state index contributed by atoms with van der Waals surface area (Å²) in [7, 11) is 0. The van der Waals surface area contributed by atoms with Crippen molar-refractivity contribution in [2.24, 2.45) is 0 Å². The molecule has 0 radical (unpaired) electrons. The first-order valence-electron chi connectivity index (χ1n) is 10.1. The number of aromatic nitrogens is 3. The molecule has 2 aromatic heterocycles. The number of benzene rings is 1. The van der Waals surface area contributed by atoms with Crippen LogP contribution in [0.15, 0.2) is 48.3 Å². The second kappa shape index (κ2) is 9.27. The van der Waals surface area contributed by atoms with Crippen LogP contribution in [0, 0.1) is 32.1 Å². The zero-order chi connectivity index (χ0) is 21.7. The number of hydrogen-bond acceptors (Lipinski definition) is 3. The van der Waals surface area contributed by atoms with E-state index in [0.29, 0.717) is 5.69 Å². The molecule has 30 heavy (non-hydrogen) atoms. The van der Waals surface area contributed by atoms with Gasteiger partial charge in [0.1, 0.15) is 17.5 Å². The molecule has 0 aliphatic carbocycles. The van der Waals surface area contributed by atoms with Crippen LogP contribution in [0.25, 0.3) is 6.08 Å². The highest BCUT2D eigenvalue weighted by Crippen LogP contribution is 2.20. The molecule has 1 amide bonds. The van der Waals surface area contributed by atoms with E-state index in [4.69, 9.17) is 0 Å². The largest absolute Gasteiger partial charge is 0.349 e. The second-order valence-corrected chi connectivity index (χ2v) is 7.40. The fourth-order valence-electron chi connectivity index (χ4n) is 3.51. The monoisotopic (exact) mass is 401 g/mol. The molecular formula is C24H27N5O. The van der Waals surface area contributed by atoms with Crippen LogP contribution in [0.5, 0.6) is 0 Å². The molecule has 0 aliphatic heterocycles. The Kier molecular flexibility index (Phi) is 6.53.